The first-order valence-corrected chi connectivity index (χ1v) is 8.30. The monoisotopic (exact) mass is 428 g/mol. The average Bonchev–Trinajstić information content (AvgIpc) is 2.95. The van der Waals surface area contributed by atoms with Crippen LogP contribution >= 0.6 is 24.0 Å². The number of aliphatic imine (C=N–C) groups is 1. The molecule has 0 aliphatic heterocycles. The molecule has 0 amide bonds. The Bertz CT molecular complexity index is 606. The van der Waals surface area contributed by atoms with Gasteiger partial charge in [-0.2, -0.15) is 0 Å². The fourth-order valence-corrected chi connectivity index (χ4v) is 2.59. The number of nitrogens with zero attached hydrogens (tertiary/aromatic N) is 2. The third-order valence-corrected chi connectivity index (χ3v) is 3.86. The van der Waals surface area contributed by atoms with Gasteiger partial charge >= 0.3 is 0 Å². The Morgan fingerprint density at radius 1 is 1.26 bits per heavy atom. The summed E-state index contributed by atoms with van der Waals surface area (Å²) in [7, 11) is 2.11. The van der Waals surface area contributed by atoms with Crippen molar-refractivity contribution < 1.29 is 0 Å². The molecular formula is C18H29IN4. The standard InChI is InChI=1S/C18H28N4.HI/c1-4-6-13-22(3)18(19-5-2)20-12-11-15-14-21-17-10-8-7-9-16(15)17;/h7-10,14,21H,4-6,11-13H2,1-3H3,(H,19,20);1H. The van der Waals surface area contributed by atoms with E-state index in [1.807, 2.05) is 0 Å². The van der Waals surface area contributed by atoms with Crippen LogP contribution in [0.1, 0.15) is 32.3 Å². The first kappa shape index (κ1) is 19.8. The quantitative estimate of drug-likeness (QED) is 0.398. The molecule has 128 valence electrons. The Labute approximate surface area is 156 Å². The number of hydrogen-bond acceptors (Lipinski definition) is 1. The van der Waals surface area contributed by atoms with E-state index >= 15 is 0 Å². The molecule has 0 atom stereocenters. The molecule has 0 saturated heterocycles. The number of fused-ring (bicyclic) bond motifs is 1. The molecule has 1 aromatic carbocycles. The molecule has 0 bridgehead atoms. The molecule has 1 heterocycles. The zero-order valence-electron chi connectivity index (χ0n) is 14.4. The summed E-state index contributed by atoms with van der Waals surface area (Å²) in [5, 5.41) is 4.68. The van der Waals surface area contributed by atoms with E-state index in [0.717, 1.165) is 32.0 Å². The van der Waals surface area contributed by atoms with E-state index in [4.69, 9.17) is 4.99 Å². The number of para-hydroxylation sites is 1. The highest BCUT2D eigenvalue weighted by Crippen LogP contribution is 2.17. The van der Waals surface area contributed by atoms with Gasteiger partial charge in [0.2, 0.25) is 0 Å². The first-order chi connectivity index (χ1) is 10.8. The lowest BCUT2D eigenvalue weighted by molar-refractivity contribution is 0.465. The summed E-state index contributed by atoms with van der Waals surface area (Å²) in [5.41, 5.74) is 2.54. The summed E-state index contributed by atoms with van der Waals surface area (Å²) in [6.07, 6.45) is 5.47. The molecule has 0 unspecified atom stereocenters. The topological polar surface area (TPSA) is 43.4 Å². The second kappa shape index (κ2) is 10.5. The van der Waals surface area contributed by atoms with Crippen molar-refractivity contribution in [3.63, 3.8) is 0 Å². The minimum atomic E-state index is 0. The number of halogens is 1. The maximum atomic E-state index is 4.77. The summed E-state index contributed by atoms with van der Waals surface area (Å²) >= 11 is 0. The van der Waals surface area contributed by atoms with Gasteiger partial charge < -0.3 is 15.2 Å². The summed E-state index contributed by atoms with van der Waals surface area (Å²) < 4.78 is 0. The van der Waals surface area contributed by atoms with Crippen molar-refractivity contribution in [3.05, 3.63) is 36.0 Å². The highest BCUT2D eigenvalue weighted by Gasteiger charge is 2.06. The number of H-pyrrole nitrogens is 1. The Morgan fingerprint density at radius 3 is 2.78 bits per heavy atom. The van der Waals surface area contributed by atoms with Crippen LogP contribution < -0.4 is 5.32 Å². The van der Waals surface area contributed by atoms with Gasteiger partial charge in [0.15, 0.2) is 5.96 Å². The second-order valence-electron chi connectivity index (χ2n) is 5.62. The Morgan fingerprint density at radius 2 is 2.04 bits per heavy atom. The Kier molecular flexibility index (Phi) is 9.06. The van der Waals surface area contributed by atoms with Crippen LogP contribution in [0.2, 0.25) is 0 Å². The van der Waals surface area contributed by atoms with Crippen LogP contribution in [0.3, 0.4) is 0 Å². The van der Waals surface area contributed by atoms with Gasteiger partial charge in [0, 0.05) is 43.8 Å². The van der Waals surface area contributed by atoms with Crippen LogP contribution in [0.15, 0.2) is 35.5 Å². The molecular weight excluding hydrogens is 399 g/mol. The molecule has 5 heteroatoms. The summed E-state index contributed by atoms with van der Waals surface area (Å²) in [6, 6.07) is 8.44. The number of guanidine groups is 1. The minimum Gasteiger partial charge on any atom is -0.361 e. The van der Waals surface area contributed by atoms with Crippen molar-refractivity contribution in [1.29, 1.82) is 0 Å². The van der Waals surface area contributed by atoms with Crippen LogP contribution in [-0.4, -0.2) is 42.5 Å². The van der Waals surface area contributed by atoms with Gasteiger partial charge in [-0.25, -0.2) is 0 Å². The van der Waals surface area contributed by atoms with Gasteiger partial charge in [-0.1, -0.05) is 31.5 Å². The average molecular weight is 428 g/mol. The lowest BCUT2D eigenvalue weighted by atomic mass is 10.1. The number of aromatic nitrogens is 1. The number of benzene rings is 1. The molecule has 0 aliphatic carbocycles. The van der Waals surface area contributed by atoms with E-state index in [1.165, 1.54) is 29.3 Å². The SMILES string of the molecule is CCCCN(C)C(=NCCc1c[nH]c2ccccc12)NCC.I. The molecule has 2 rings (SSSR count). The zero-order valence-corrected chi connectivity index (χ0v) is 16.8. The van der Waals surface area contributed by atoms with Gasteiger partial charge in [-0.3, -0.25) is 4.99 Å². The van der Waals surface area contributed by atoms with Crippen molar-refractivity contribution in [1.82, 2.24) is 15.2 Å². The number of rotatable bonds is 7. The van der Waals surface area contributed by atoms with Crippen molar-refractivity contribution in [2.45, 2.75) is 33.1 Å². The van der Waals surface area contributed by atoms with E-state index in [2.05, 4.69) is 66.6 Å². The normalized spacial score (nSPS) is 11.3. The molecule has 0 aliphatic rings. The summed E-state index contributed by atoms with van der Waals surface area (Å²) in [6.45, 7) is 7.09. The molecule has 2 N–H and O–H groups in total. The molecule has 4 nitrogen and oxygen atoms in total. The van der Waals surface area contributed by atoms with Crippen LogP contribution in [-0.2, 0) is 6.42 Å². The second-order valence-corrected chi connectivity index (χ2v) is 5.62. The highest BCUT2D eigenvalue weighted by atomic mass is 127. The van der Waals surface area contributed by atoms with Gasteiger partial charge in [0.05, 0.1) is 0 Å². The van der Waals surface area contributed by atoms with Crippen LogP contribution in [0.4, 0.5) is 0 Å². The van der Waals surface area contributed by atoms with Gasteiger partial charge in [0.1, 0.15) is 0 Å². The highest BCUT2D eigenvalue weighted by molar-refractivity contribution is 14.0. The van der Waals surface area contributed by atoms with Gasteiger partial charge in [-0.15, -0.1) is 24.0 Å². The van der Waals surface area contributed by atoms with E-state index in [0.29, 0.717) is 0 Å². The maximum absolute atomic E-state index is 4.77. The first-order valence-electron chi connectivity index (χ1n) is 8.30. The molecule has 0 spiro atoms. The fourth-order valence-electron chi connectivity index (χ4n) is 2.59. The van der Waals surface area contributed by atoms with Crippen molar-refractivity contribution in [3.8, 4) is 0 Å². The van der Waals surface area contributed by atoms with Crippen molar-refractivity contribution in [2.75, 3.05) is 26.7 Å². The zero-order chi connectivity index (χ0) is 15.8. The van der Waals surface area contributed by atoms with Crippen LogP contribution in [0, 0.1) is 0 Å². The van der Waals surface area contributed by atoms with Crippen molar-refractivity contribution in [2.24, 2.45) is 4.99 Å². The number of unbranched alkanes of at least 4 members (excludes halogenated alkanes) is 1. The predicted octanol–water partition coefficient (Wildman–Crippen LogP) is 4.03. The molecule has 0 fully saturated rings. The largest absolute Gasteiger partial charge is 0.361 e. The number of nitrogens with one attached hydrogen (secondary N) is 2. The van der Waals surface area contributed by atoms with E-state index in [-0.39, 0.29) is 24.0 Å². The van der Waals surface area contributed by atoms with Gasteiger partial charge in [-0.05, 0) is 31.4 Å². The van der Waals surface area contributed by atoms with Crippen LogP contribution in [0.5, 0.6) is 0 Å². The number of aromatic amines is 1. The third kappa shape index (κ3) is 5.71. The van der Waals surface area contributed by atoms with E-state index < -0.39 is 0 Å². The number of hydrogen-bond donors (Lipinski definition) is 2. The summed E-state index contributed by atoms with van der Waals surface area (Å²) in [5.74, 6) is 1.01. The predicted molar refractivity (Wildman–Crippen MR) is 111 cm³/mol. The fraction of sp³-hybridized carbons (Fsp3) is 0.500. The molecule has 2 aromatic rings. The Balaban J connectivity index is 0.00000264. The minimum absolute atomic E-state index is 0. The molecule has 0 saturated carbocycles. The third-order valence-electron chi connectivity index (χ3n) is 3.86. The molecule has 1 aromatic heterocycles. The van der Waals surface area contributed by atoms with Gasteiger partial charge in [0.25, 0.3) is 0 Å². The van der Waals surface area contributed by atoms with Crippen molar-refractivity contribution >= 4 is 40.8 Å². The van der Waals surface area contributed by atoms with E-state index in [9.17, 15) is 0 Å². The van der Waals surface area contributed by atoms with Crippen LogP contribution in [0.25, 0.3) is 10.9 Å². The smallest absolute Gasteiger partial charge is 0.193 e. The summed E-state index contributed by atoms with van der Waals surface area (Å²) in [4.78, 5) is 10.3. The maximum Gasteiger partial charge on any atom is 0.193 e. The lowest BCUT2D eigenvalue weighted by Crippen LogP contribution is -2.39. The van der Waals surface area contributed by atoms with E-state index in [1.54, 1.807) is 0 Å². The molecule has 0 radical (unpaired) electrons. The molecule has 23 heavy (non-hydrogen) atoms. The lowest BCUT2D eigenvalue weighted by Gasteiger charge is -2.21. The Hall–Kier alpha value is -1.24.